The zero-order chi connectivity index (χ0) is 27.1. The van der Waals surface area contributed by atoms with Gasteiger partial charge < -0.3 is 0 Å². The van der Waals surface area contributed by atoms with E-state index in [1.165, 1.54) is 22.3 Å². The number of hydrogen-bond acceptors (Lipinski definition) is 2. The summed E-state index contributed by atoms with van der Waals surface area (Å²) in [5.74, 6) is 1.86. The lowest BCUT2D eigenvalue weighted by Crippen LogP contribution is -2.44. The van der Waals surface area contributed by atoms with Crippen molar-refractivity contribution in [2.75, 3.05) is 12.3 Å². The highest BCUT2D eigenvalue weighted by molar-refractivity contribution is 7.65. The Labute approximate surface area is 235 Å². The summed E-state index contributed by atoms with van der Waals surface area (Å²) < 4.78 is 6.17. The summed E-state index contributed by atoms with van der Waals surface area (Å²) in [4.78, 5) is 0. The van der Waals surface area contributed by atoms with Crippen LogP contribution in [0.5, 0.6) is 0 Å². The molecule has 39 heavy (non-hydrogen) atoms. The zero-order valence-corrected chi connectivity index (χ0v) is 24.6. The number of benzene rings is 4. The van der Waals surface area contributed by atoms with Crippen LogP contribution in [-0.2, 0) is 11.1 Å². The normalized spacial score (nSPS) is 25.3. The molecule has 0 aromatic heterocycles. The first-order chi connectivity index (χ1) is 18.9. The van der Waals surface area contributed by atoms with Gasteiger partial charge in [0.25, 0.3) is 0 Å². The average molecular weight is 533 g/mol. The van der Waals surface area contributed by atoms with Gasteiger partial charge in [0.05, 0.1) is 5.54 Å². The molecule has 3 heteroatoms. The molecule has 1 fully saturated rings. The molecule has 4 aromatic rings. The number of nitrogens with zero attached hydrogens (tertiary/aromatic N) is 1. The molecule has 2 aliphatic rings. The average Bonchev–Trinajstić information content (AvgIpc) is 3.51. The van der Waals surface area contributed by atoms with Gasteiger partial charge in [0.1, 0.15) is 5.54 Å². The van der Waals surface area contributed by atoms with Crippen LogP contribution in [0.3, 0.4) is 0 Å². The Morgan fingerprint density at radius 1 is 0.564 bits per heavy atom. The molecule has 2 aliphatic heterocycles. The summed E-state index contributed by atoms with van der Waals surface area (Å²) in [5.41, 5.74) is 4.75. The summed E-state index contributed by atoms with van der Waals surface area (Å²) >= 11 is 0. The summed E-state index contributed by atoms with van der Waals surface area (Å²) in [6.45, 7) is 9.62. The van der Waals surface area contributed by atoms with Gasteiger partial charge in [0.2, 0.25) is 0 Å². The minimum atomic E-state index is -1.95. The van der Waals surface area contributed by atoms with Crippen LogP contribution in [0.25, 0.3) is 0 Å². The third-order valence-electron chi connectivity index (χ3n) is 9.32. The molecule has 1 unspecified atom stereocenters. The predicted molar refractivity (Wildman–Crippen MR) is 166 cm³/mol. The molecule has 6 rings (SSSR count). The van der Waals surface area contributed by atoms with Crippen LogP contribution in [0.2, 0.25) is 0 Å². The lowest BCUT2D eigenvalue weighted by molar-refractivity contribution is 0.278. The molecule has 1 saturated heterocycles. The third kappa shape index (κ3) is 4.24. The van der Waals surface area contributed by atoms with Crippen LogP contribution < -0.4 is 5.09 Å². The zero-order valence-electron chi connectivity index (χ0n) is 23.7. The van der Waals surface area contributed by atoms with Crippen molar-refractivity contribution in [2.45, 2.75) is 38.8 Å². The van der Waals surface area contributed by atoms with Crippen molar-refractivity contribution >= 4 is 7.21 Å². The van der Waals surface area contributed by atoms with E-state index in [2.05, 4.69) is 154 Å². The predicted octanol–water partition coefficient (Wildman–Crippen LogP) is 9.15. The molecule has 200 valence electrons. The van der Waals surface area contributed by atoms with Gasteiger partial charge in [0.15, 0.2) is 0 Å². The van der Waals surface area contributed by atoms with Crippen molar-refractivity contribution in [1.29, 1.82) is 0 Å². The largest absolute Gasteiger partial charge is 0.272 e. The van der Waals surface area contributed by atoms with Crippen molar-refractivity contribution in [3.05, 3.63) is 144 Å². The first-order valence-electron chi connectivity index (χ1n) is 14.5. The van der Waals surface area contributed by atoms with E-state index in [1.54, 1.807) is 0 Å². The second-order valence-corrected chi connectivity index (χ2v) is 15.2. The van der Waals surface area contributed by atoms with Crippen LogP contribution in [0.15, 0.2) is 126 Å². The second-order valence-electron chi connectivity index (χ2n) is 12.2. The van der Waals surface area contributed by atoms with E-state index in [4.69, 9.17) is 4.74 Å². The summed E-state index contributed by atoms with van der Waals surface area (Å²) in [7, 11) is -1.95. The highest BCUT2D eigenvalue weighted by Gasteiger charge is 2.60. The molecule has 3 atom stereocenters. The molecule has 1 N–H and O–H groups in total. The minimum Gasteiger partial charge on any atom is -0.272 e. The molecule has 0 saturated carbocycles. The van der Waals surface area contributed by atoms with Gasteiger partial charge in [0, 0.05) is 25.4 Å². The Hall–Kier alpha value is -2.93. The van der Waals surface area contributed by atoms with E-state index in [0.717, 1.165) is 12.3 Å². The van der Waals surface area contributed by atoms with Crippen molar-refractivity contribution in [2.24, 2.45) is 28.4 Å². The van der Waals surface area contributed by atoms with E-state index in [-0.39, 0.29) is 11.1 Å². The fraction of sp³-hybridized carbons (Fsp3) is 0.333. The quantitative estimate of drug-likeness (QED) is 0.246. The van der Waals surface area contributed by atoms with Gasteiger partial charge in [-0.1, -0.05) is 149 Å². The summed E-state index contributed by atoms with van der Waals surface area (Å²) in [5, 5.41) is 4.47. The number of hydrogen-bond donors (Lipinski definition) is 1. The van der Waals surface area contributed by atoms with E-state index in [0.29, 0.717) is 23.7 Å². The Morgan fingerprint density at radius 2 is 0.923 bits per heavy atom. The Kier molecular flexibility index (Phi) is 6.90. The molecule has 1 spiro atoms. The van der Waals surface area contributed by atoms with Gasteiger partial charge >= 0.3 is 0 Å². The lowest BCUT2D eigenvalue weighted by Gasteiger charge is -2.39. The van der Waals surface area contributed by atoms with E-state index >= 15 is 0 Å². The molecule has 0 bridgehead atoms. The number of rotatable bonds is 6. The first kappa shape index (κ1) is 26.3. The lowest BCUT2D eigenvalue weighted by atomic mass is 9.70. The highest BCUT2D eigenvalue weighted by Crippen LogP contribution is 2.71. The maximum atomic E-state index is 6.17. The van der Waals surface area contributed by atoms with Crippen LogP contribution in [-0.4, -0.2) is 12.3 Å². The highest BCUT2D eigenvalue weighted by atomic mass is 31.2. The van der Waals surface area contributed by atoms with Crippen molar-refractivity contribution in [3.63, 3.8) is 0 Å². The van der Waals surface area contributed by atoms with Gasteiger partial charge in [-0.05, 0) is 40.0 Å². The molecule has 2 nitrogen and oxygen atoms in total. The fourth-order valence-corrected chi connectivity index (χ4v) is 12.9. The van der Waals surface area contributed by atoms with Crippen LogP contribution in [0.4, 0.5) is 0 Å². The van der Waals surface area contributed by atoms with Crippen LogP contribution in [0.1, 0.15) is 49.9 Å². The SMILES string of the molecule is CC(C)C1C[P@]2(=NC1(c1ccccc1)c1ccccc1)C[C@@H](C(C)C)C(c1ccccc1)(c1ccccc1)N2. The molecule has 4 aromatic carbocycles. The van der Waals surface area contributed by atoms with Crippen molar-refractivity contribution in [1.82, 2.24) is 5.09 Å². The van der Waals surface area contributed by atoms with Gasteiger partial charge in [-0.15, -0.1) is 0 Å². The van der Waals surface area contributed by atoms with Gasteiger partial charge in [-0.25, -0.2) is 0 Å². The van der Waals surface area contributed by atoms with Gasteiger partial charge in [-0.2, -0.15) is 0 Å². The molecular weight excluding hydrogens is 491 g/mol. The summed E-state index contributed by atoms with van der Waals surface area (Å²) in [6, 6.07) is 44.6. The minimum absolute atomic E-state index is 0.265. The molecule has 2 heterocycles. The topological polar surface area (TPSA) is 24.4 Å². The summed E-state index contributed by atoms with van der Waals surface area (Å²) in [6.07, 6.45) is 2.25. The monoisotopic (exact) mass is 532 g/mol. The molecule has 0 aliphatic carbocycles. The fourth-order valence-electron chi connectivity index (χ4n) is 7.60. The van der Waals surface area contributed by atoms with Gasteiger partial charge in [-0.3, -0.25) is 9.83 Å². The Balaban J connectivity index is 1.64. The number of nitrogens with one attached hydrogen (secondary N) is 1. The van der Waals surface area contributed by atoms with Crippen LogP contribution >= 0.6 is 7.21 Å². The molecule has 0 radical (unpaired) electrons. The Bertz CT molecular complexity index is 1370. The Morgan fingerprint density at radius 3 is 1.31 bits per heavy atom. The van der Waals surface area contributed by atoms with E-state index in [1.807, 2.05) is 0 Å². The second kappa shape index (κ2) is 10.2. The van der Waals surface area contributed by atoms with Crippen molar-refractivity contribution < 1.29 is 0 Å². The van der Waals surface area contributed by atoms with Crippen molar-refractivity contribution in [3.8, 4) is 0 Å². The standard InChI is InChI=1S/C36H41N2P/c1-27(2)33-25-39(37-35(33,29-17-9-5-10-18-29)30-19-11-6-12-20-30)26-34(28(3)4)36(38-39,31-21-13-7-14-22-31)32-23-15-8-16-24-32/h5-24,27-28,33-34,37H,25-26H2,1-4H3/t33-,34?,39+/m0/s1. The maximum Gasteiger partial charge on any atom is 0.114 e. The van der Waals surface area contributed by atoms with Crippen LogP contribution in [0, 0.1) is 23.7 Å². The van der Waals surface area contributed by atoms with E-state index < -0.39 is 7.21 Å². The maximum absolute atomic E-state index is 6.17. The third-order valence-corrected chi connectivity index (χ3v) is 12.8. The smallest absolute Gasteiger partial charge is 0.114 e. The molecule has 0 amide bonds. The first-order valence-corrected chi connectivity index (χ1v) is 16.7. The van der Waals surface area contributed by atoms with E-state index in [9.17, 15) is 0 Å². The molecular formula is C36H41N2P.